The molecule has 0 saturated carbocycles. The van der Waals surface area contributed by atoms with Crippen LogP contribution in [0.2, 0.25) is 0 Å². The Morgan fingerprint density at radius 2 is 1.67 bits per heavy atom. The maximum Gasteiger partial charge on any atom is 0.253 e. The summed E-state index contributed by atoms with van der Waals surface area (Å²) >= 11 is 0. The summed E-state index contributed by atoms with van der Waals surface area (Å²) in [4.78, 5) is 40.4. The molecule has 168 valence electrons. The summed E-state index contributed by atoms with van der Waals surface area (Å²) in [5.41, 5.74) is 3.73. The van der Waals surface area contributed by atoms with E-state index in [1.54, 1.807) is 19.2 Å². The summed E-state index contributed by atoms with van der Waals surface area (Å²) in [6.07, 6.45) is 0. The van der Waals surface area contributed by atoms with Gasteiger partial charge in [-0.25, -0.2) is 4.39 Å². The van der Waals surface area contributed by atoms with E-state index in [1.165, 1.54) is 24.0 Å². The Bertz CT molecular complexity index is 1230. The lowest BCUT2D eigenvalue weighted by atomic mass is 9.95. The first-order valence-electron chi connectivity index (χ1n) is 10.6. The van der Waals surface area contributed by atoms with Gasteiger partial charge in [0.05, 0.1) is 5.69 Å². The van der Waals surface area contributed by atoms with Crippen molar-refractivity contribution < 1.29 is 18.8 Å². The number of anilines is 1. The lowest BCUT2D eigenvalue weighted by Crippen LogP contribution is -2.45. The summed E-state index contributed by atoms with van der Waals surface area (Å²) in [6.45, 7) is 1.57. The van der Waals surface area contributed by atoms with Crippen LogP contribution in [0.5, 0.6) is 0 Å². The Labute approximate surface area is 191 Å². The van der Waals surface area contributed by atoms with Crippen LogP contribution in [0.4, 0.5) is 10.1 Å². The minimum absolute atomic E-state index is 0.0947. The fourth-order valence-electron chi connectivity index (χ4n) is 3.95. The van der Waals surface area contributed by atoms with Crippen LogP contribution in [-0.4, -0.2) is 24.8 Å². The fourth-order valence-corrected chi connectivity index (χ4v) is 3.95. The predicted octanol–water partition coefficient (Wildman–Crippen LogP) is 3.58. The van der Waals surface area contributed by atoms with E-state index in [0.29, 0.717) is 11.1 Å². The Hall–Kier alpha value is -4.00. The molecule has 7 heteroatoms. The lowest BCUT2D eigenvalue weighted by Gasteiger charge is -2.24. The third-order valence-electron chi connectivity index (χ3n) is 5.83. The average molecular weight is 445 g/mol. The number of carbonyl (C=O) groups is 3. The predicted molar refractivity (Wildman–Crippen MR) is 124 cm³/mol. The summed E-state index contributed by atoms with van der Waals surface area (Å²) < 4.78 is 13.3. The highest BCUT2D eigenvalue weighted by Gasteiger charge is 2.34. The second kappa shape index (κ2) is 9.24. The first-order chi connectivity index (χ1) is 15.9. The van der Waals surface area contributed by atoms with Crippen LogP contribution in [0, 0.1) is 11.7 Å². The zero-order valence-electron chi connectivity index (χ0n) is 18.3. The summed E-state index contributed by atoms with van der Waals surface area (Å²) in [7, 11) is 1.67. The standard InChI is InChI=1S/C26H24FN3O3/c1-16(24(31)28-15-17-8-7-9-18(27)14-17)25(32)29-23-21-12-4-3-10-19(21)20-11-5-6-13-22(20)30(2)26(23)33/h3-14,16,23H,15H2,1-2H3,(H,28,31)(H,29,32)/t16-,23+/m0/s1. The number of carbonyl (C=O) groups excluding carboxylic acids is 3. The van der Waals surface area contributed by atoms with Gasteiger partial charge in [0.15, 0.2) is 0 Å². The molecule has 0 saturated heterocycles. The summed E-state index contributed by atoms with van der Waals surface area (Å²) in [6, 6.07) is 19.9. The van der Waals surface area contributed by atoms with Crippen LogP contribution in [0.3, 0.4) is 0 Å². The Morgan fingerprint density at radius 3 is 2.42 bits per heavy atom. The molecule has 0 unspecified atom stereocenters. The molecule has 0 aromatic heterocycles. The number of likely N-dealkylation sites (N-methyl/N-ethyl adjacent to an activating group) is 1. The molecule has 0 spiro atoms. The smallest absolute Gasteiger partial charge is 0.253 e. The molecule has 33 heavy (non-hydrogen) atoms. The van der Waals surface area contributed by atoms with Crippen molar-refractivity contribution in [2.75, 3.05) is 11.9 Å². The minimum atomic E-state index is -1.05. The zero-order chi connectivity index (χ0) is 23.5. The van der Waals surface area contributed by atoms with E-state index in [2.05, 4.69) is 10.6 Å². The third kappa shape index (κ3) is 4.48. The number of hydrogen-bond acceptors (Lipinski definition) is 3. The van der Waals surface area contributed by atoms with Crippen molar-refractivity contribution in [2.45, 2.75) is 19.5 Å². The monoisotopic (exact) mass is 445 g/mol. The van der Waals surface area contributed by atoms with E-state index in [-0.39, 0.29) is 12.5 Å². The van der Waals surface area contributed by atoms with E-state index in [4.69, 9.17) is 0 Å². The quantitative estimate of drug-likeness (QED) is 0.590. The highest BCUT2D eigenvalue weighted by atomic mass is 19.1. The van der Waals surface area contributed by atoms with Gasteiger partial charge in [0, 0.05) is 19.2 Å². The normalized spacial score (nSPS) is 15.7. The highest BCUT2D eigenvalue weighted by molar-refractivity contribution is 6.07. The molecule has 0 bridgehead atoms. The Kier molecular flexibility index (Phi) is 6.22. The maximum absolute atomic E-state index is 13.3. The third-order valence-corrected chi connectivity index (χ3v) is 5.83. The van der Waals surface area contributed by atoms with Crippen molar-refractivity contribution >= 4 is 23.4 Å². The largest absolute Gasteiger partial charge is 0.351 e. The van der Waals surface area contributed by atoms with E-state index >= 15 is 0 Å². The molecule has 3 aromatic carbocycles. The fraction of sp³-hybridized carbons (Fsp3) is 0.192. The molecule has 1 aliphatic heterocycles. The Morgan fingerprint density at radius 1 is 0.970 bits per heavy atom. The number of hydrogen-bond donors (Lipinski definition) is 2. The number of para-hydroxylation sites is 1. The van der Waals surface area contributed by atoms with Crippen LogP contribution in [0.25, 0.3) is 11.1 Å². The number of nitrogens with one attached hydrogen (secondary N) is 2. The van der Waals surface area contributed by atoms with Crippen molar-refractivity contribution in [3.8, 4) is 11.1 Å². The molecule has 3 aromatic rings. The van der Waals surface area contributed by atoms with E-state index in [9.17, 15) is 18.8 Å². The van der Waals surface area contributed by atoms with Crippen molar-refractivity contribution in [1.82, 2.24) is 10.6 Å². The number of amides is 3. The Balaban J connectivity index is 1.53. The van der Waals surface area contributed by atoms with Crippen molar-refractivity contribution in [1.29, 1.82) is 0 Å². The SMILES string of the molecule is C[C@@H](C(=O)NCc1cccc(F)c1)C(=O)N[C@H]1C(=O)N(C)c2ccccc2-c2ccccc21. The molecule has 1 heterocycles. The molecule has 2 atom stereocenters. The minimum Gasteiger partial charge on any atom is -0.351 e. The van der Waals surface area contributed by atoms with Gasteiger partial charge in [-0.2, -0.15) is 0 Å². The van der Waals surface area contributed by atoms with Gasteiger partial charge < -0.3 is 15.5 Å². The van der Waals surface area contributed by atoms with E-state index in [0.717, 1.165) is 16.8 Å². The second-order valence-corrected chi connectivity index (χ2v) is 8.01. The van der Waals surface area contributed by atoms with Gasteiger partial charge in [-0.3, -0.25) is 14.4 Å². The van der Waals surface area contributed by atoms with Crippen LogP contribution >= 0.6 is 0 Å². The van der Waals surface area contributed by atoms with Gasteiger partial charge in [-0.1, -0.05) is 54.6 Å². The van der Waals surface area contributed by atoms with Gasteiger partial charge in [0.2, 0.25) is 11.8 Å². The molecule has 3 amide bonds. The van der Waals surface area contributed by atoms with Crippen molar-refractivity contribution in [2.24, 2.45) is 5.92 Å². The highest BCUT2D eigenvalue weighted by Crippen LogP contribution is 2.39. The van der Waals surface area contributed by atoms with Crippen LogP contribution in [0.15, 0.2) is 72.8 Å². The molecule has 1 aliphatic rings. The van der Waals surface area contributed by atoms with Gasteiger partial charge >= 0.3 is 0 Å². The molecule has 4 rings (SSSR count). The van der Waals surface area contributed by atoms with E-state index in [1.807, 2.05) is 48.5 Å². The molecule has 0 radical (unpaired) electrons. The average Bonchev–Trinajstić information content (AvgIpc) is 2.92. The summed E-state index contributed by atoms with van der Waals surface area (Å²) in [5.74, 6) is -2.83. The molecule has 2 N–H and O–H groups in total. The van der Waals surface area contributed by atoms with Crippen LogP contribution in [0.1, 0.15) is 24.1 Å². The van der Waals surface area contributed by atoms with Gasteiger partial charge in [0.1, 0.15) is 17.8 Å². The molecule has 6 nitrogen and oxygen atoms in total. The molecule has 0 aliphatic carbocycles. The number of benzene rings is 3. The van der Waals surface area contributed by atoms with Crippen molar-refractivity contribution in [3.05, 3.63) is 89.7 Å². The number of rotatable bonds is 5. The van der Waals surface area contributed by atoms with Gasteiger partial charge in [0.25, 0.3) is 5.91 Å². The topological polar surface area (TPSA) is 78.5 Å². The number of halogens is 1. The van der Waals surface area contributed by atoms with Crippen LogP contribution in [-0.2, 0) is 20.9 Å². The van der Waals surface area contributed by atoms with Crippen molar-refractivity contribution in [3.63, 3.8) is 0 Å². The van der Waals surface area contributed by atoms with Gasteiger partial charge in [-0.05, 0) is 41.8 Å². The lowest BCUT2D eigenvalue weighted by molar-refractivity contribution is -0.136. The molecular weight excluding hydrogens is 421 g/mol. The zero-order valence-corrected chi connectivity index (χ0v) is 18.3. The first-order valence-corrected chi connectivity index (χ1v) is 10.6. The van der Waals surface area contributed by atoms with Crippen LogP contribution < -0.4 is 15.5 Å². The van der Waals surface area contributed by atoms with Gasteiger partial charge in [-0.15, -0.1) is 0 Å². The van der Waals surface area contributed by atoms with E-state index < -0.39 is 29.6 Å². The maximum atomic E-state index is 13.3. The molecular formula is C26H24FN3O3. The second-order valence-electron chi connectivity index (χ2n) is 8.01. The number of fused-ring (bicyclic) bond motifs is 3. The number of nitrogens with zero attached hydrogens (tertiary/aromatic N) is 1. The first kappa shape index (κ1) is 22.2. The summed E-state index contributed by atoms with van der Waals surface area (Å²) in [5, 5.41) is 5.42. The molecule has 0 fully saturated rings.